The van der Waals surface area contributed by atoms with Gasteiger partial charge in [-0.3, -0.25) is 0 Å². The Hall–Kier alpha value is -0.250. The summed E-state index contributed by atoms with van der Waals surface area (Å²) in [5.74, 6) is -0.472. The highest BCUT2D eigenvalue weighted by atomic mass is 19.3. The lowest BCUT2D eigenvalue weighted by atomic mass is 10.0. The third-order valence-electron chi connectivity index (χ3n) is 1.79. The van der Waals surface area contributed by atoms with Crippen molar-refractivity contribution >= 4 is 0 Å². The van der Waals surface area contributed by atoms with Gasteiger partial charge in [-0.15, -0.1) is 0 Å². The van der Waals surface area contributed by atoms with Crippen molar-refractivity contribution in [3.63, 3.8) is 0 Å². The Balaban J connectivity index is 2.32. The fourth-order valence-corrected chi connectivity index (χ4v) is 1.15. The molecule has 1 heterocycles. The van der Waals surface area contributed by atoms with Crippen molar-refractivity contribution in [2.75, 3.05) is 13.1 Å². The van der Waals surface area contributed by atoms with Crippen molar-refractivity contribution in [1.29, 1.82) is 0 Å². The normalized spacial score (nSPS) is 29.4. The van der Waals surface area contributed by atoms with E-state index >= 15 is 0 Å². The van der Waals surface area contributed by atoms with E-state index in [1.807, 2.05) is 0 Å². The molecule has 1 N–H and O–H groups in total. The molecule has 4 heteroatoms. The van der Waals surface area contributed by atoms with Gasteiger partial charge in [-0.05, 0) is 13.0 Å². The van der Waals surface area contributed by atoms with Crippen LogP contribution in [0, 0.1) is 5.92 Å². The lowest BCUT2D eigenvalue weighted by Gasteiger charge is -2.12. The molecule has 0 aliphatic carbocycles. The molecule has 1 nitrogen and oxygen atoms in total. The van der Waals surface area contributed by atoms with Gasteiger partial charge in [0.05, 0.1) is 0 Å². The Morgan fingerprint density at radius 2 is 2.00 bits per heavy atom. The molecule has 0 spiro atoms. The summed E-state index contributed by atoms with van der Waals surface area (Å²) in [6.45, 7) is 1.06. The monoisotopic (exact) mass is 153 g/mol. The van der Waals surface area contributed by atoms with E-state index in [0.29, 0.717) is 19.5 Å². The average Bonchev–Trinajstić information content (AvgIpc) is 2.36. The van der Waals surface area contributed by atoms with Crippen LogP contribution >= 0.6 is 0 Å². The van der Waals surface area contributed by atoms with E-state index in [-0.39, 0.29) is 0 Å². The topological polar surface area (TPSA) is 12.0 Å². The third kappa shape index (κ3) is 1.62. The van der Waals surface area contributed by atoms with Gasteiger partial charge in [0, 0.05) is 12.5 Å². The quantitative estimate of drug-likeness (QED) is 0.628. The van der Waals surface area contributed by atoms with Crippen LogP contribution in [0.1, 0.15) is 6.42 Å². The second-order valence-electron chi connectivity index (χ2n) is 2.53. The van der Waals surface area contributed by atoms with Crippen LogP contribution in [0.5, 0.6) is 0 Å². The zero-order valence-corrected chi connectivity index (χ0v) is 5.49. The minimum Gasteiger partial charge on any atom is -0.316 e. The minimum atomic E-state index is -2.81. The highest BCUT2D eigenvalue weighted by molar-refractivity contribution is 4.79. The number of halogens is 3. The third-order valence-corrected chi connectivity index (χ3v) is 1.79. The van der Waals surface area contributed by atoms with Crippen LogP contribution in [-0.4, -0.2) is 25.7 Å². The zero-order valence-electron chi connectivity index (χ0n) is 5.49. The smallest absolute Gasteiger partial charge is 0.269 e. The van der Waals surface area contributed by atoms with Gasteiger partial charge in [0.15, 0.2) is 6.17 Å². The van der Waals surface area contributed by atoms with Crippen LogP contribution < -0.4 is 5.32 Å². The molecule has 2 unspecified atom stereocenters. The standard InChI is InChI=1S/C6H10F3N/c7-5(6(8)9)4-1-2-10-3-4/h4-6,10H,1-3H2. The van der Waals surface area contributed by atoms with Gasteiger partial charge in [-0.1, -0.05) is 0 Å². The van der Waals surface area contributed by atoms with Gasteiger partial charge in [-0.25, -0.2) is 13.2 Å². The largest absolute Gasteiger partial charge is 0.316 e. The Bertz CT molecular complexity index is 101. The molecule has 0 aromatic rings. The van der Waals surface area contributed by atoms with Crippen molar-refractivity contribution in [2.24, 2.45) is 5.92 Å². The Kier molecular flexibility index (Phi) is 2.54. The molecule has 1 aliphatic heterocycles. The van der Waals surface area contributed by atoms with Crippen LogP contribution in [0.25, 0.3) is 0 Å². The van der Waals surface area contributed by atoms with E-state index in [4.69, 9.17) is 0 Å². The second kappa shape index (κ2) is 3.23. The molecule has 0 bridgehead atoms. The summed E-state index contributed by atoms with van der Waals surface area (Å²) >= 11 is 0. The van der Waals surface area contributed by atoms with Gasteiger partial charge >= 0.3 is 0 Å². The van der Waals surface area contributed by atoms with Gasteiger partial charge in [0.1, 0.15) is 0 Å². The minimum absolute atomic E-state index is 0.394. The Morgan fingerprint density at radius 1 is 1.30 bits per heavy atom. The summed E-state index contributed by atoms with van der Waals surface area (Å²) in [7, 11) is 0. The van der Waals surface area contributed by atoms with E-state index in [2.05, 4.69) is 5.32 Å². The molecule has 0 saturated carbocycles. The first-order valence-electron chi connectivity index (χ1n) is 3.34. The first kappa shape index (κ1) is 7.85. The van der Waals surface area contributed by atoms with E-state index in [0.717, 1.165) is 0 Å². The summed E-state index contributed by atoms with van der Waals surface area (Å²) in [4.78, 5) is 0. The molecule has 0 amide bonds. The Morgan fingerprint density at radius 3 is 2.40 bits per heavy atom. The molecule has 10 heavy (non-hydrogen) atoms. The predicted molar refractivity (Wildman–Crippen MR) is 31.9 cm³/mol. The zero-order chi connectivity index (χ0) is 7.56. The molecule has 1 saturated heterocycles. The summed E-state index contributed by atoms with van der Waals surface area (Å²) in [5, 5.41) is 2.83. The maximum atomic E-state index is 12.4. The van der Waals surface area contributed by atoms with E-state index < -0.39 is 18.5 Å². The van der Waals surface area contributed by atoms with Gasteiger partial charge in [0.25, 0.3) is 6.43 Å². The first-order valence-corrected chi connectivity index (χ1v) is 3.34. The van der Waals surface area contributed by atoms with Crippen molar-refractivity contribution in [2.45, 2.75) is 19.0 Å². The summed E-state index contributed by atoms with van der Waals surface area (Å²) in [6, 6.07) is 0. The van der Waals surface area contributed by atoms with E-state index in [9.17, 15) is 13.2 Å². The van der Waals surface area contributed by atoms with Gasteiger partial charge in [0.2, 0.25) is 0 Å². The highest BCUT2D eigenvalue weighted by Gasteiger charge is 2.31. The molecule has 1 aliphatic rings. The second-order valence-corrected chi connectivity index (χ2v) is 2.53. The summed E-state index contributed by atoms with van der Waals surface area (Å²) < 4.78 is 35.8. The van der Waals surface area contributed by atoms with Crippen LogP contribution in [0.15, 0.2) is 0 Å². The molecule has 1 fully saturated rings. The van der Waals surface area contributed by atoms with Crippen LogP contribution in [0.3, 0.4) is 0 Å². The molecule has 2 atom stereocenters. The lowest BCUT2D eigenvalue weighted by Crippen LogP contribution is -2.25. The Labute approximate surface area is 57.6 Å². The number of rotatable bonds is 2. The fraction of sp³-hybridized carbons (Fsp3) is 1.00. The molecule has 1 rings (SSSR count). The fourth-order valence-electron chi connectivity index (χ4n) is 1.15. The van der Waals surface area contributed by atoms with Crippen LogP contribution in [0.2, 0.25) is 0 Å². The average molecular weight is 153 g/mol. The van der Waals surface area contributed by atoms with E-state index in [1.165, 1.54) is 0 Å². The SMILES string of the molecule is FC(F)C(F)C1CCNC1. The van der Waals surface area contributed by atoms with Crippen molar-refractivity contribution in [3.05, 3.63) is 0 Å². The van der Waals surface area contributed by atoms with Gasteiger partial charge in [-0.2, -0.15) is 0 Å². The maximum Gasteiger partial charge on any atom is 0.269 e. The lowest BCUT2D eigenvalue weighted by molar-refractivity contribution is 0.0209. The highest BCUT2D eigenvalue weighted by Crippen LogP contribution is 2.20. The van der Waals surface area contributed by atoms with E-state index in [1.54, 1.807) is 0 Å². The molecule has 0 aromatic heterocycles. The van der Waals surface area contributed by atoms with Crippen LogP contribution in [0.4, 0.5) is 13.2 Å². The molecular weight excluding hydrogens is 143 g/mol. The maximum absolute atomic E-state index is 12.4. The summed E-state index contributed by atoms with van der Waals surface area (Å²) in [6.07, 6.45) is -4.22. The first-order chi connectivity index (χ1) is 4.72. The number of nitrogens with one attached hydrogen (secondary N) is 1. The molecule has 60 valence electrons. The summed E-state index contributed by atoms with van der Waals surface area (Å²) in [5.41, 5.74) is 0. The van der Waals surface area contributed by atoms with Crippen LogP contribution in [-0.2, 0) is 0 Å². The van der Waals surface area contributed by atoms with Crippen molar-refractivity contribution < 1.29 is 13.2 Å². The molecule has 0 radical (unpaired) electrons. The predicted octanol–water partition coefficient (Wildman–Crippen LogP) is 1.20. The number of alkyl halides is 3. The number of hydrogen-bond acceptors (Lipinski definition) is 1. The molecular formula is C6H10F3N. The number of hydrogen-bond donors (Lipinski definition) is 1. The van der Waals surface area contributed by atoms with Crippen molar-refractivity contribution in [1.82, 2.24) is 5.32 Å². The van der Waals surface area contributed by atoms with Gasteiger partial charge < -0.3 is 5.32 Å². The van der Waals surface area contributed by atoms with Crippen molar-refractivity contribution in [3.8, 4) is 0 Å². The molecule has 0 aromatic carbocycles.